The maximum absolute atomic E-state index is 13.0. The Morgan fingerprint density at radius 1 is 1.33 bits per heavy atom. The van der Waals surface area contributed by atoms with Crippen molar-refractivity contribution in [1.29, 1.82) is 0 Å². The molecule has 0 saturated heterocycles. The van der Waals surface area contributed by atoms with Crippen molar-refractivity contribution in [2.75, 3.05) is 0 Å². The fourth-order valence-electron chi connectivity index (χ4n) is 1.64. The molecule has 0 aliphatic rings. The first-order valence-corrected chi connectivity index (χ1v) is 7.22. The van der Waals surface area contributed by atoms with Crippen LogP contribution in [-0.2, 0) is 16.1 Å². The molecule has 2 aromatic rings. The van der Waals surface area contributed by atoms with Crippen molar-refractivity contribution in [2.45, 2.75) is 12.1 Å². The molecule has 0 aliphatic heterocycles. The van der Waals surface area contributed by atoms with E-state index in [1.807, 2.05) is 0 Å². The Bertz CT molecular complexity index is 712. The highest BCUT2D eigenvalue weighted by Crippen LogP contribution is 2.24. The van der Waals surface area contributed by atoms with Crippen molar-refractivity contribution >= 4 is 19.7 Å². The molecule has 0 spiro atoms. The van der Waals surface area contributed by atoms with Crippen LogP contribution in [0.25, 0.3) is 11.4 Å². The molecule has 0 saturated carbocycles. The molecule has 8 heteroatoms. The van der Waals surface area contributed by atoms with Crippen LogP contribution < -0.4 is 0 Å². The summed E-state index contributed by atoms with van der Waals surface area (Å²) in [6.45, 7) is 1.70. The second-order valence-corrected chi connectivity index (χ2v) is 6.22. The van der Waals surface area contributed by atoms with E-state index in [9.17, 15) is 12.8 Å². The maximum Gasteiger partial charge on any atom is 0.296 e. The van der Waals surface area contributed by atoms with Crippen LogP contribution in [0.15, 0.2) is 23.4 Å². The molecule has 5 nitrogen and oxygen atoms in total. The highest BCUT2D eigenvalue weighted by molar-refractivity contribution is 8.13. The molecule has 0 amide bonds. The summed E-state index contributed by atoms with van der Waals surface area (Å²) in [5.74, 6) is -0.0599. The third kappa shape index (κ3) is 2.23. The van der Waals surface area contributed by atoms with Gasteiger partial charge in [0.25, 0.3) is 14.2 Å². The Hall–Kier alpha value is -1.47. The molecule has 0 atom stereocenters. The Balaban J connectivity index is 2.63. The average molecular weight is 290 g/mol. The maximum atomic E-state index is 13.0. The van der Waals surface area contributed by atoms with Gasteiger partial charge in [-0.05, 0) is 30.7 Å². The Labute approximate surface area is 108 Å². The van der Waals surface area contributed by atoms with Gasteiger partial charge in [0.15, 0.2) is 5.82 Å². The lowest BCUT2D eigenvalue weighted by Gasteiger charge is -2.05. The summed E-state index contributed by atoms with van der Waals surface area (Å²) >= 11 is 0. The number of hydrogen-bond acceptors (Lipinski definition) is 4. The van der Waals surface area contributed by atoms with Crippen LogP contribution in [0.4, 0.5) is 4.39 Å². The molecule has 1 heterocycles. The molecule has 96 valence electrons. The van der Waals surface area contributed by atoms with Crippen LogP contribution >= 0.6 is 10.7 Å². The summed E-state index contributed by atoms with van der Waals surface area (Å²) in [6, 6.07) is 4.12. The van der Waals surface area contributed by atoms with E-state index in [0.29, 0.717) is 17.0 Å². The summed E-state index contributed by atoms with van der Waals surface area (Å²) < 4.78 is 36.7. The predicted octanol–water partition coefficient (Wildman–Crippen LogP) is 1.86. The molecular formula is C10H9ClFN3O2S. The monoisotopic (exact) mass is 289 g/mol. The summed E-state index contributed by atoms with van der Waals surface area (Å²) in [5.41, 5.74) is 1.22. The second kappa shape index (κ2) is 4.33. The minimum Gasteiger partial charge on any atom is -0.300 e. The second-order valence-electron chi connectivity index (χ2n) is 3.76. The molecule has 18 heavy (non-hydrogen) atoms. The first-order chi connectivity index (χ1) is 8.30. The lowest BCUT2D eigenvalue weighted by atomic mass is 10.1. The standard InChI is InChI=1S/C10H9ClFN3O2S/c1-6-5-7(12)3-4-8(6)9-13-14-10(15(9)2)18(11,16)17/h3-5H,1-2H3. The Kier molecular flexibility index (Phi) is 3.12. The zero-order valence-corrected chi connectivity index (χ0v) is 11.1. The van der Waals surface area contributed by atoms with Crippen LogP contribution in [0, 0.1) is 12.7 Å². The fraction of sp³-hybridized carbons (Fsp3) is 0.200. The van der Waals surface area contributed by atoms with Crippen molar-refractivity contribution in [1.82, 2.24) is 14.8 Å². The third-order valence-corrected chi connectivity index (χ3v) is 3.69. The highest BCUT2D eigenvalue weighted by atomic mass is 35.7. The number of aryl methyl sites for hydroxylation is 1. The van der Waals surface area contributed by atoms with E-state index in [-0.39, 0.29) is 11.0 Å². The van der Waals surface area contributed by atoms with E-state index in [0.717, 1.165) is 0 Å². The van der Waals surface area contributed by atoms with Crippen LogP contribution in [-0.4, -0.2) is 23.2 Å². The quantitative estimate of drug-likeness (QED) is 0.792. The van der Waals surface area contributed by atoms with Crippen LogP contribution in [0.5, 0.6) is 0 Å². The predicted molar refractivity (Wildman–Crippen MR) is 64.2 cm³/mol. The molecule has 0 unspecified atom stereocenters. The van der Waals surface area contributed by atoms with Gasteiger partial charge >= 0.3 is 0 Å². The summed E-state index contributed by atoms with van der Waals surface area (Å²) in [6.07, 6.45) is 0. The minimum atomic E-state index is -3.95. The van der Waals surface area contributed by atoms with Gasteiger partial charge in [-0.15, -0.1) is 10.2 Å². The number of halogens is 2. The first-order valence-electron chi connectivity index (χ1n) is 4.91. The van der Waals surface area contributed by atoms with E-state index in [4.69, 9.17) is 10.7 Å². The Morgan fingerprint density at radius 3 is 2.50 bits per heavy atom. The topological polar surface area (TPSA) is 64.8 Å². The van der Waals surface area contributed by atoms with Crippen molar-refractivity contribution in [3.63, 3.8) is 0 Å². The minimum absolute atomic E-state index is 0.312. The van der Waals surface area contributed by atoms with Gasteiger partial charge in [0.2, 0.25) is 0 Å². The normalized spacial score (nSPS) is 11.8. The summed E-state index contributed by atoms with van der Waals surface area (Å²) in [5, 5.41) is 6.95. The van der Waals surface area contributed by atoms with Crippen molar-refractivity contribution in [3.05, 3.63) is 29.6 Å². The van der Waals surface area contributed by atoms with Gasteiger partial charge in [-0.25, -0.2) is 12.8 Å². The fourth-order valence-corrected chi connectivity index (χ4v) is 2.59. The summed E-state index contributed by atoms with van der Waals surface area (Å²) in [7, 11) is 2.74. The number of nitrogens with zero attached hydrogens (tertiary/aromatic N) is 3. The van der Waals surface area contributed by atoms with Gasteiger partial charge in [0.1, 0.15) is 5.82 Å². The molecule has 2 rings (SSSR count). The molecule has 1 aromatic heterocycles. The van der Waals surface area contributed by atoms with E-state index in [2.05, 4.69) is 10.2 Å². The van der Waals surface area contributed by atoms with Crippen LogP contribution in [0.1, 0.15) is 5.56 Å². The van der Waals surface area contributed by atoms with Crippen molar-refractivity contribution in [3.8, 4) is 11.4 Å². The molecular weight excluding hydrogens is 281 g/mol. The van der Waals surface area contributed by atoms with Gasteiger partial charge in [0.05, 0.1) is 0 Å². The lowest BCUT2D eigenvalue weighted by molar-refractivity contribution is 0.593. The zero-order valence-electron chi connectivity index (χ0n) is 9.55. The van der Waals surface area contributed by atoms with Crippen molar-refractivity contribution in [2.24, 2.45) is 7.05 Å². The van der Waals surface area contributed by atoms with E-state index in [1.54, 1.807) is 6.92 Å². The molecule has 0 fully saturated rings. The number of benzene rings is 1. The largest absolute Gasteiger partial charge is 0.300 e. The van der Waals surface area contributed by atoms with Crippen LogP contribution in [0.2, 0.25) is 0 Å². The van der Waals surface area contributed by atoms with Gasteiger partial charge in [-0.3, -0.25) is 4.57 Å². The number of rotatable bonds is 2. The van der Waals surface area contributed by atoms with Gasteiger partial charge in [-0.2, -0.15) is 0 Å². The molecule has 1 aromatic carbocycles. The molecule has 0 N–H and O–H groups in total. The zero-order chi connectivity index (χ0) is 13.5. The van der Waals surface area contributed by atoms with Gasteiger partial charge < -0.3 is 0 Å². The van der Waals surface area contributed by atoms with E-state index in [1.165, 1.54) is 29.8 Å². The molecule has 0 aliphatic carbocycles. The van der Waals surface area contributed by atoms with Crippen molar-refractivity contribution < 1.29 is 12.8 Å². The van der Waals surface area contributed by atoms with E-state index < -0.39 is 9.05 Å². The smallest absolute Gasteiger partial charge is 0.296 e. The van der Waals surface area contributed by atoms with Crippen LogP contribution in [0.3, 0.4) is 0 Å². The number of aromatic nitrogens is 3. The lowest BCUT2D eigenvalue weighted by Crippen LogP contribution is -2.03. The van der Waals surface area contributed by atoms with E-state index >= 15 is 0 Å². The Morgan fingerprint density at radius 2 is 2.00 bits per heavy atom. The summed E-state index contributed by atoms with van der Waals surface area (Å²) in [4.78, 5) is 0. The molecule has 0 radical (unpaired) electrons. The highest BCUT2D eigenvalue weighted by Gasteiger charge is 2.21. The SMILES string of the molecule is Cc1cc(F)ccc1-c1nnc(S(=O)(=O)Cl)n1C. The number of hydrogen-bond donors (Lipinski definition) is 0. The van der Waals surface area contributed by atoms with Gasteiger partial charge in [-0.1, -0.05) is 0 Å². The molecule has 0 bridgehead atoms. The van der Waals surface area contributed by atoms with Gasteiger partial charge in [0, 0.05) is 23.3 Å². The average Bonchev–Trinajstić information content (AvgIpc) is 2.60. The third-order valence-electron chi connectivity index (χ3n) is 2.48. The first kappa shape index (κ1) is 13.0.